The topological polar surface area (TPSA) is 41.6 Å². The number of thiophene rings is 1. The number of nitrogens with zero attached hydrogens (tertiary/aromatic N) is 1. The number of ether oxygens (including phenoxy) is 1. The highest BCUT2D eigenvalue weighted by molar-refractivity contribution is 7.09. The molecule has 100 valence electrons. The van der Waals surface area contributed by atoms with Crippen molar-refractivity contribution in [2.45, 2.75) is 19.4 Å². The summed E-state index contributed by atoms with van der Waals surface area (Å²) in [7, 11) is 0. The lowest BCUT2D eigenvalue weighted by Crippen LogP contribution is -2.49. The molecule has 1 aliphatic rings. The van der Waals surface area contributed by atoms with E-state index in [1.54, 1.807) is 11.3 Å². The minimum Gasteiger partial charge on any atom is -0.379 e. The van der Waals surface area contributed by atoms with Gasteiger partial charge in [0.1, 0.15) is 0 Å². The maximum atomic E-state index is 12.0. The molecule has 18 heavy (non-hydrogen) atoms. The first-order valence-electron chi connectivity index (χ1n) is 6.39. The third kappa shape index (κ3) is 3.80. The van der Waals surface area contributed by atoms with Gasteiger partial charge in [-0.05, 0) is 24.8 Å². The Morgan fingerprint density at radius 2 is 2.33 bits per heavy atom. The lowest BCUT2D eigenvalue weighted by molar-refractivity contribution is -0.127. The van der Waals surface area contributed by atoms with Gasteiger partial charge in [0.25, 0.3) is 0 Å². The van der Waals surface area contributed by atoms with E-state index < -0.39 is 0 Å². The van der Waals surface area contributed by atoms with Crippen molar-refractivity contribution in [1.82, 2.24) is 10.2 Å². The Kier molecular flexibility index (Phi) is 5.16. The maximum absolute atomic E-state index is 12.0. The lowest BCUT2D eigenvalue weighted by Gasteiger charge is -2.31. The Labute approximate surface area is 112 Å². The van der Waals surface area contributed by atoms with Gasteiger partial charge in [0, 0.05) is 24.5 Å². The van der Waals surface area contributed by atoms with Crippen molar-refractivity contribution in [2.75, 3.05) is 32.8 Å². The molecule has 0 aliphatic carbocycles. The summed E-state index contributed by atoms with van der Waals surface area (Å²) in [6.45, 7) is 5.83. The molecule has 1 atom stereocenters. The van der Waals surface area contributed by atoms with Gasteiger partial charge < -0.3 is 10.1 Å². The van der Waals surface area contributed by atoms with Gasteiger partial charge in [0.2, 0.25) is 5.91 Å². The lowest BCUT2D eigenvalue weighted by atomic mass is 10.2. The molecule has 1 fully saturated rings. The van der Waals surface area contributed by atoms with Gasteiger partial charge in [-0.15, -0.1) is 11.3 Å². The molecule has 0 bridgehead atoms. The standard InChI is InChI=1S/C13H20N2O2S/c1-11(15-6-8-17-9-7-15)13(16)14-5-4-12-3-2-10-18-12/h2-3,10-11H,4-9H2,1H3,(H,14,16). The summed E-state index contributed by atoms with van der Waals surface area (Å²) in [5.41, 5.74) is 0. The molecule has 1 aromatic heterocycles. The van der Waals surface area contributed by atoms with Crippen LogP contribution in [0.4, 0.5) is 0 Å². The fraction of sp³-hybridized carbons (Fsp3) is 0.615. The van der Waals surface area contributed by atoms with E-state index in [4.69, 9.17) is 4.74 Å². The largest absolute Gasteiger partial charge is 0.379 e. The van der Waals surface area contributed by atoms with Crippen LogP contribution in [0.2, 0.25) is 0 Å². The van der Waals surface area contributed by atoms with Crippen LogP contribution in [-0.2, 0) is 16.0 Å². The number of hydrogen-bond acceptors (Lipinski definition) is 4. The number of rotatable bonds is 5. The van der Waals surface area contributed by atoms with Crippen LogP contribution >= 0.6 is 11.3 Å². The van der Waals surface area contributed by atoms with Crippen LogP contribution in [0.25, 0.3) is 0 Å². The van der Waals surface area contributed by atoms with Crippen LogP contribution in [0.3, 0.4) is 0 Å². The second-order valence-corrected chi connectivity index (χ2v) is 5.48. The van der Waals surface area contributed by atoms with Crippen LogP contribution < -0.4 is 5.32 Å². The molecule has 4 nitrogen and oxygen atoms in total. The van der Waals surface area contributed by atoms with E-state index in [0.29, 0.717) is 6.54 Å². The molecular formula is C13H20N2O2S. The summed E-state index contributed by atoms with van der Waals surface area (Å²) >= 11 is 1.73. The normalized spacial score (nSPS) is 18.5. The van der Waals surface area contributed by atoms with Crippen molar-refractivity contribution in [2.24, 2.45) is 0 Å². The third-order valence-electron chi connectivity index (χ3n) is 3.22. The zero-order chi connectivity index (χ0) is 12.8. The molecule has 5 heteroatoms. The zero-order valence-electron chi connectivity index (χ0n) is 10.7. The van der Waals surface area contributed by atoms with E-state index in [0.717, 1.165) is 32.7 Å². The number of amides is 1. The fourth-order valence-electron chi connectivity index (χ4n) is 2.04. The Balaban J connectivity index is 1.70. The SMILES string of the molecule is CC(C(=O)NCCc1cccs1)N1CCOCC1. The molecular weight excluding hydrogens is 248 g/mol. The minimum atomic E-state index is -0.0581. The summed E-state index contributed by atoms with van der Waals surface area (Å²) in [6, 6.07) is 4.08. The quantitative estimate of drug-likeness (QED) is 0.870. The van der Waals surface area contributed by atoms with Crippen LogP contribution in [0, 0.1) is 0 Å². The van der Waals surface area contributed by atoms with Gasteiger partial charge in [-0.2, -0.15) is 0 Å². The predicted octanol–water partition coefficient (Wildman–Crippen LogP) is 1.13. The molecule has 1 aromatic rings. The second-order valence-electron chi connectivity index (χ2n) is 4.44. The Bertz CT molecular complexity index is 361. The summed E-state index contributed by atoms with van der Waals surface area (Å²) in [5.74, 6) is 0.119. The smallest absolute Gasteiger partial charge is 0.237 e. The maximum Gasteiger partial charge on any atom is 0.237 e. The molecule has 0 radical (unpaired) electrons. The molecule has 1 saturated heterocycles. The molecule has 0 aromatic carbocycles. The zero-order valence-corrected chi connectivity index (χ0v) is 11.5. The van der Waals surface area contributed by atoms with Crippen molar-refractivity contribution in [3.05, 3.63) is 22.4 Å². The Hall–Kier alpha value is -0.910. The highest BCUT2D eigenvalue weighted by atomic mass is 32.1. The molecule has 0 spiro atoms. The number of carbonyl (C=O) groups is 1. The van der Waals surface area contributed by atoms with Crippen LogP contribution in [-0.4, -0.2) is 49.7 Å². The highest BCUT2D eigenvalue weighted by Crippen LogP contribution is 2.08. The fourth-order valence-corrected chi connectivity index (χ4v) is 2.75. The summed E-state index contributed by atoms with van der Waals surface area (Å²) in [6.07, 6.45) is 0.916. The van der Waals surface area contributed by atoms with E-state index in [2.05, 4.69) is 21.7 Å². The monoisotopic (exact) mass is 268 g/mol. The molecule has 2 heterocycles. The first kappa shape index (κ1) is 13.5. The predicted molar refractivity (Wildman–Crippen MR) is 72.9 cm³/mol. The van der Waals surface area contributed by atoms with Gasteiger partial charge in [-0.3, -0.25) is 9.69 Å². The Morgan fingerprint density at radius 1 is 1.56 bits per heavy atom. The molecule has 0 saturated carbocycles. The van der Waals surface area contributed by atoms with Crippen molar-refractivity contribution in [1.29, 1.82) is 0 Å². The average molecular weight is 268 g/mol. The van der Waals surface area contributed by atoms with Crippen LogP contribution in [0.1, 0.15) is 11.8 Å². The van der Waals surface area contributed by atoms with E-state index >= 15 is 0 Å². The van der Waals surface area contributed by atoms with E-state index in [9.17, 15) is 4.79 Å². The highest BCUT2D eigenvalue weighted by Gasteiger charge is 2.22. The van der Waals surface area contributed by atoms with Crippen LogP contribution in [0.15, 0.2) is 17.5 Å². The van der Waals surface area contributed by atoms with Crippen molar-refractivity contribution >= 4 is 17.2 Å². The third-order valence-corrected chi connectivity index (χ3v) is 4.16. The number of nitrogens with one attached hydrogen (secondary N) is 1. The Morgan fingerprint density at radius 3 is 3.00 bits per heavy atom. The van der Waals surface area contributed by atoms with Gasteiger partial charge in [-0.25, -0.2) is 0 Å². The van der Waals surface area contributed by atoms with Crippen molar-refractivity contribution < 1.29 is 9.53 Å². The van der Waals surface area contributed by atoms with E-state index in [-0.39, 0.29) is 11.9 Å². The molecule has 2 rings (SSSR count). The van der Waals surface area contributed by atoms with Gasteiger partial charge in [0.05, 0.1) is 19.3 Å². The van der Waals surface area contributed by atoms with Gasteiger partial charge in [0.15, 0.2) is 0 Å². The first-order valence-corrected chi connectivity index (χ1v) is 7.27. The molecule has 1 N–H and O–H groups in total. The summed E-state index contributed by atoms with van der Waals surface area (Å²) in [4.78, 5) is 15.5. The molecule has 1 amide bonds. The van der Waals surface area contributed by atoms with Crippen molar-refractivity contribution in [3.63, 3.8) is 0 Å². The average Bonchev–Trinajstić information content (AvgIpc) is 2.92. The number of carbonyl (C=O) groups excluding carboxylic acids is 1. The number of hydrogen-bond donors (Lipinski definition) is 1. The summed E-state index contributed by atoms with van der Waals surface area (Å²) < 4.78 is 5.29. The van der Waals surface area contributed by atoms with Gasteiger partial charge in [-0.1, -0.05) is 6.07 Å². The van der Waals surface area contributed by atoms with E-state index in [1.807, 2.05) is 13.0 Å². The molecule has 1 unspecified atom stereocenters. The van der Waals surface area contributed by atoms with E-state index in [1.165, 1.54) is 4.88 Å². The summed E-state index contributed by atoms with van der Waals surface area (Å²) in [5, 5.41) is 5.07. The van der Waals surface area contributed by atoms with Crippen LogP contribution in [0.5, 0.6) is 0 Å². The second kappa shape index (κ2) is 6.87. The minimum absolute atomic E-state index is 0.0581. The number of morpholine rings is 1. The first-order chi connectivity index (χ1) is 8.77. The van der Waals surface area contributed by atoms with Crippen molar-refractivity contribution in [3.8, 4) is 0 Å². The molecule has 1 aliphatic heterocycles. The van der Waals surface area contributed by atoms with Gasteiger partial charge >= 0.3 is 0 Å².